The predicted molar refractivity (Wildman–Crippen MR) is 51.8 cm³/mol. The maximum Gasteiger partial charge on any atom is 0.294 e. The molecule has 1 rings (SSSR count). The third-order valence-electron chi connectivity index (χ3n) is 1.55. The van der Waals surface area contributed by atoms with Crippen LogP contribution in [0.4, 0.5) is 5.69 Å². The molecule has 0 aromatic carbocycles. The van der Waals surface area contributed by atoms with E-state index in [1.807, 2.05) is 0 Å². The Morgan fingerprint density at radius 2 is 2.50 bits per heavy atom. The predicted octanol–water partition coefficient (Wildman–Crippen LogP) is 1.65. The van der Waals surface area contributed by atoms with E-state index in [-0.39, 0.29) is 5.69 Å². The highest BCUT2D eigenvalue weighted by Crippen LogP contribution is 2.15. The molecule has 74 valence electrons. The number of methoxy groups -OCH3 is 1. The number of aromatic nitrogens is 1. The molecule has 0 fully saturated rings. The molecule has 0 unspecified atom stereocenters. The van der Waals surface area contributed by atoms with Crippen molar-refractivity contribution in [1.29, 1.82) is 0 Å². The average Bonchev–Trinajstić information content (AvgIpc) is 2.19. The van der Waals surface area contributed by atoms with Crippen molar-refractivity contribution in [2.24, 2.45) is 0 Å². The lowest BCUT2D eigenvalue weighted by Crippen LogP contribution is -1.93. The molecule has 0 N–H and O–H groups in total. The average molecular weight is 194 g/mol. The highest BCUT2D eigenvalue weighted by Gasteiger charge is 2.10. The first-order chi connectivity index (χ1) is 6.75. The van der Waals surface area contributed by atoms with Crippen LogP contribution in [0.3, 0.4) is 0 Å². The molecule has 14 heavy (non-hydrogen) atoms. The fraction of sp³-hybridized carbons (Fsp3) is 0.222. The van der Waals surface area contributed by atoms with Gasteiger partial charge in [0, 0.05) is 19.4 Å². The van der Waals surface area contributed by atoms with E-state index in [1.165, 1.54) is 18.3 Å². The minimum atomic E-state index is -0.459. The van der Waals surface area contributed by atoms with Crippen LogP contribution in [0.1, 0.15) is 5.69 Å². The fourth-order valence-corrected chi connectivity index (χ4v) is 0.948. The third kappa shape index (κ3) is 2.63. The zero-order valence-electron chi connectivity index (χ0n) is 7.71. The van der Waals surface area contributed by atoms with Gasteiger partial charge < -0.3 is 4.74 Å². The molecule has 0 aliphatic rings. The fourth-order valence-electron chi connectivity index (χ4n) is 0.948. The van der Waals surface area contributed by atoms with E-state index >= 15 is 0 Å². The van der Waals surface area contributed by atoms with Gasteiger partial charge in [-0.2, -0.15) is 0 Å². The van der Waals surface area contributed by atoms with E-state index in [1.54, 1.807) is 19.3 Å². The summed E-state index contributed by atoms with van der Waals surface area (Å²) in [5, 5.41) is 10.6. The second kappa shape index (κ2) is 5.08. The maximum atomic E-state index is 10.6. The van der Waals surface area contributed by atoms with E-state index in [0.717, 1.165) is 0 Å². The van der Waals surface area contributed by atoms with Gasteiger partial charge in [0.1, 0.15) is 5.69 Å². The minimum absolute atomic E-state index is 0.000136. The molecule has 0 saturated heterocycles. The summed E-state index contributed by atoms with van der Waals surface area (Å²) in [6.07, 6.45) is 4.76. The maximum absolute atomic E-state index is 10.6. The van der Waals surface area contributed by atoms with Gasteiger partial charge in [0.05, 0.1) is 11.5 Å². The Kier molecular flexibility index (Phi) is 3.75. The van der Waals surface area contributed by atoms with Crippen molar-refractivity contribution in [1.82, 2.24) is 4.98 Å². The standard InChI is InChI=1S/C9H10N2O3/c1-14-7-3-4-8-9(11(12)13)5-2-6-10-8/h2-6H,7H2,1H3. The van der Waals surface area contributed by atoms with Gasteiger partial charge >= 0.3 is 0 Å². The van der Waals surface area contributed by atoms with Gasteiger partial charge in [-0.15, -0.1) is 0 Å². The molecule has 0 aliphatic carbocycles. The van der Waals surface area contributed by atoms with Crippen LogP contribution >= 0.6 is 0 Å². The number of hydrogen-bond donors (Lipinski definition) is 0. The Labute approximate surface area is 81.2 Å². The van der Waals surface area contributed by atoms with Crippen LogP contribution in [0, 0.1) is 10.1 Å². The lowest BCUT2D eigenvalue weighted by molar-refractivity contribution is -0.385. The molecule has 0 radical (unpaired) electrons. The van der Waals surface area contributed by atoms with Gasteiger partial charge in [-0.05, 0) is 12.1 Å². The normalized spacial score (nSPS) is 10.6. The van der Waals surface area contributed by atoms with Crippen LogP contribution in [0.25, 0.3) is 6.08 Å². The lowest BCUT2D eigenvalue weighted by atomic mass is 10.3. The Morgan fingerprint density at radius 3 is 3.14 bits per heavy atom. The molecule has 1 aromatic heterocycles. The number of ether oxygens (including phenoxy) is 1. The molecule has 5 heteroatoms. The van der Waals surface area contributed by atoms with Crippen molar-refractivity contribution < 1.29 is 9.66 Å². The summed E-state index contributed by atoms with van der Waals surface area (Å²) in [6.45, 7) is 0.410. The molecule has 1 heterocycles. The molecule has 0 atom stereocenters. The number of pyridine rings is 1. The summed E-state index contributed by atoms with van der Waals surface area (Å²) >= 11 is 0. The molecule has 0 spiro atoms. The monoisotopic (exact) mass is 194 g/mol. The first kappa shape index (κ1) is 10.3. The Bertz CT molecular complexity index is 350. The van der Waals surface area contributed by atoms with Gasteiger partial charge in [-0.25, -0.2) is 4.98 Å². The van der Waals surface area contributed by atoms with Crippen LogP contribution in [0.2, 0.25) is 0 Å². The Morgan fingerprint density at radius 1 is 1.71 bits per heavy atom. The molecule has 1 aromatic rings. The van der Waals surface area contributed by atoms with E-state index < -0.39 is 4.92 Å². The number of nitrogens with zero attached hydrogens (tertiary/aromatic N) is 2. The summed E-state index contributed by atoms with van der Waals surface area (Å²) in [7, 11) is 1.55. The molecule has 5 nitrogen and oxygen atoms in total. The van der Waals surface area contributed by atoms with Crippen molar-refractivity contribution in [2.45, 2.75) is 0 Å². The highest BCUT2D eigenvalue weighted by molar-refractivity contribution is 5.56. The summed E-state index contributed by atoms with van der Waals surface area (Å²) in [4.78, 5) is 14.0. The third-order valence-corrected chi connectivity index (χ3v) is 1.55. The van der Waals surface area contributed by atoms with Crippen molar-refractivity contribution in [3.63, 3.8) is 0 Å². The molecular weight excluding hydrogens is 184 g/mol. The van der Waals surface area contributed by atoms with Gasteiger partial charge in [0.15, 0.2) is 0 Å². The highest BCUT2D eigenvalue weighted by atomic mass is 16.6. The lowest BCUT2D eigenvalue weighted by Gasteiger charge is -1.95. The van der Waals surface area contributed by atoms with E-state index in [2.05, 4.69) is 4.98 Å². The Balaban J connectivity index is 2.90. The van der Waals surface area contributed by atoms with Gasteiger partial charge in [0.2, 0.25) is 0 Å². The minimum Gasteiger partial charge on any atom is -0.381 e. The van der Waals surface area contributed by atoms with Crippen LogP contribution < -0.4 is 0 Å². The summed E-state index contributed by atoms with van der Waals surface area (Å²) in [5.74, 6) is 0. The van der Waals surface area contributed by atoms with Crippen molar-refractivity contribution in [3.05, 3.63) is 40.2 Å². The Hall–Kier alpha value is -1.75. The number of hydrogen-bond acceptors (Lipinski definition) is 4. The molecule has 0 saturated carbocycles. The smallest absolute Gasteiger partial charge is 0.294 e. The van der Waals surface area contributed by atoms with E-state index in [0.29, 0.717) is 12.3 Å². The van der Waals surface area contributed by atoms with Crippen molar-refractivity contribution in [3.8, 4) is 0 Å². The summed E-state index contributed by atoms with van der Waals surface area (Å²) in [5.41, 5.74) is 0.342. The van der Waals surface area contributed by atoms with Gasteiger partial charge in [-0.3, -0.25) is 10.1 Å². The van der Waals surface area contributed by atoms with E-state index in [4.69, 9.17) is 4.74 Å². The molecule has 0 amide bonds. The summed E-state index contributed by atoms with van der Waals surface area (Å²) < 4.78 is 4.78. The van der Waals surface area contributed by atoms with Gasteiger partial charge in [0.25, 0.3) is 5.69 Å². The molecule has 0 aliphatic heterocycles. The second-order valence-corrected chi connectivity index (χ2v) is 2.52. The van der Waals surface area contributed by atoms with Crippen LogP contribution in [-0.2, 0) is 4.74 Å². The summed E-state index contributed by atoms with van der Waals surface area (Å²) in [6, 6.07) is 2.95. The zero-order chi connectivity index (χ0) is 10.4. The van der Waals surface area contributed by atoms with Crippen LogP contribution in [0.15, 0.2) is 24.4 Å². The SMILES string of the molecule is COCC=Cc1ncccc1[N+](=O)[O-]. The number of nitro groups is 1. The molecule has 0 bridgehead atoms. The van der Waals surface area contributed by atoms with Crippen molar-refractivity contribution >= 4 is 11.8 Å². The van der Waals surface area contributed by atoms with E-state index in [9.17, 15) is 10.1 Å². The van der Waals surface area contributed by atoms with Crippen LogP contribution in [-0.4, -0.2) is 23.6 Å². The van der Waals surface area contributed by atoms with Crippen molar-refractivity contribution in [2.75, 3.05) is 13.7 Å². The first-order valence-electron chi connectivity index (χ1n) is 4.00. The molecular formula is C9H10N2O3. The van der Waals surface area contributed by atoms with Crippen LogP contribution in [0.5, 0.6) is 0 Å². The number of rotatable bonds is 4. The van der Waals surface area contributed by atoms with Gasteiger partial charge in [-0.1, -0.05) is 6.08 Å². The topological polar surface area (TPSA) is 65.3 Å². The zero-order valence-corrected chi connectivity index (χ0v) is 7.71. The first-order valence-corrected chi connectivity index (χ1v) is 4.00. The quantitative estimate of drug-likeness (QED) is 0.540. The second-order valence-electron chi connectivity index (χ2n) is 2.52. The largest absolute Gasteiger partial charge is 0.381 e.